The van der Waals surface area contributed by atoms with Gasteiger partial charge in [0.05, 0.1) is 0 Å². The van der Waals surface area contributed by atoms with E-state index in [1.54, 1.807) is 0 Å². The summed E-state index contributed by atoms with van der Waals surface area (Å²) in [5.41, 5.74) is 2.73. The normalized spacial score (nSPS) is 25.6. The first-order valence-corrected chi connectivity index (χ1v) is 5.19. The Kier molecular flexibility index (Phi) is 2.46. The molecule has 1 aliphatic rings. The Hall–Kier alpha value is -1.02. The van der Waals surface area contributed by atoms with Crippen LogP contribution in [0.5, 0.6) is 0 Å². The molecule has 1 heterocycles. The maximum absolute atomic E-state index is 3.38. The van der Waals surface area contributed by atoms with Crippen LogP contribution in [-0.2, 0) is 0 Å². The van der Waals surface area contributed by atoms with Gasteiger partial charge in [-0.05, 0) is 24.6 Å². The molecular formula is C12H18N2. The first-order chi connectivity index (χ1) is 6.68. The van der Waals surface area contributed by atoms with Crippen LogP contribution in [-0.4, -0.2) is 26.7 Å². The third-order valence-electron chi connectivity index (χ3n) is 3.10. The van der Waals surface area contributed by atoms with E-state index in [4.69, 9.17) is 0 Å². The number of hydrogen-bond donors (Lipinski definition) is 1. The average Bonchev–Trinajstić information content (AvgIpc) is 2.16. The van der Waals surface area contributed by atoms with Gasteiger partial charge in [0, 0.05) is 38.3 Å². The van der Waals surface area contributed by atoms with Crippen molar-refractivity contribution >= 4 is 5.69 Å². The van der Waals surface area contributed by atoms with Gasteiger partial charge < -0.3 is 10.2 Å². The van der Waals surface area contributed by atoms with E-state index in [1.165, 1.54) is 11.3 Å². The van der Waals surface area contributed by atoms with E-state index in [0.29, 0.717) is 12.0 Å². The fourth-order valence-corrected chi connectivity index (χ4v) is 1.90. The van der Waals surface area contributed by atoms with Crippen molar-refractivity contribution < 1.29 is 0 Å². The molecule has 1 aromatic carbocycles. The predicted octanol–water partition coefficient (Wildman–Crippen LogP) is 1.83. The molecule has 2 atom stereocenters. The van der Waals surface area contributed by atoms with E-state index in [-0.39, 0.29) is 0 Å². The molecule has 1 aromatic rings. The molecule has 76 valence electrons. The molecule has 1 saturated heterocycles. The second kappa shape index (κ2) is 3.62. The fourth-order valence-electron chi connectivity index (χ4n) is 1.90. The van der Waals surface area contributed by atoms with Crippen LogP contribution in [0.2, 0.25) is 0 Å². The van der Waals surface area contributed by atoms with Gasteiger partial charge in [0.2, 0.25) is 0 Å². The highest BCUT2D eigenvalue weighted by Crippen LogP contribution is 2.26. The van der Waals surface area contributed by atoms with E-state index in [2.05, 4.69) is 55.5 Å². The minimum Gasteiger partial charge on any atom is -0.378 e. The van der Waals surface area contributed by atoms with Crippen molar-refractivity contribution in [3.05, 3.63) is 29.8 Å². The lowest BCUT2D eigenvalue weighted by molar-refractivity contribution is 0.334. The molecule has 0 amide bonds. The largest absolute Gasteiger partial charge is 0.378 e. The van der Waals surface area contributed by atoms with Gasteiger partial charge in [-0.15, -0.1) is 0 Å². The quantitative estimate of drug-likeness (QED) is 0.765. The highest BCUT2D eigenvalue weighted by atomic mass is 15.1. The number of rotatable bonds is 2. The summed E-state index contributed by atoms with van der Waals surface area (Å²) in [5, 5.41) is 3.38. The number of hydrogen-bond acceptors (Lipinski definition) is 2. The number of nitrogens with one attached hydrogen (secondary N) is 1. The summed E-state index contributed by atoms with van der Waals surface area (Å²) in [6, 6.07) is 9.52. The molecule has 1 N–H and O–H groups in total. The zero-order chi connectivity index (χ0) is 10.1. The Morgan fingerprint density at radius 2 is 1.86 bits per heavy atom. The highest BCUT2D eigenvalue weighted by molar-refractivity contribution is 5.47. The summed E-state index contributed by atoms with van der Waals surface area (Å²) < 4.78 is 0. The molecule has 0 saturated carbocycles. The smallest absolute Gasteiger partial charge is 0.0361 e. The second-order valence-corrected chi connectivity index (χ2v) is 4.29. The predicted molar refractivity (Wildman–Crippen MR) is 61.0 cm³/mol. The second-order valence-electron chi connectivity index (χ2n) is 4.29. The van der Waals surface area contributed by atoms with Gasteiger partial charge in [-0.2, -0.15) is 0 Å². The number of nitrogens with zero attached hydrogens (tertiary/aromatic N) is 1. The van der Waals surface area contributed by atoms with E-state index in [0.717, 1.165) is 6.54 Å². The van der Waals surface area contributed by atoms with Crippen LogP contribution in [0.4, 0.5) is 5.69 Å². The summed E-state index contributed by atoms with van der Waals surface area (Å²) in [7, 11) is 4.14. The van der Waals surface area contributed by atoms with Crippen molar-refractivity contribution in [2.45, 2.75) is 18.9 Å². The van der Waals surface area contributed by atoms with Crippen LogP contribution in [0.25, 0.3) is 0 Å². The van der Waals surface area contributed by atoms with E-state index >= 15 is 0 Å². The van der Waals surface area contributed by atoms with E-state index < -0.39 is 0 Å². The molecule has 0 aromatic heterocycles. The Balaban J connectivity index is 2.13. The van der Waals surface area contributed by atoms with Gasteiger partial charge >= 0.3 is 0 Å². The summed E-state index contributed by atoms with van der Waals surface area (Å²) in [5.74, 6) is 0.714. The third kappa shape index (κ3) is 1.62. The summed E-state index contributed by atoms with van der Waals surface area (Å²) >= 11 is 0. The van der Waals surface area contributed by atoms with Gasteiger partial charge in [0.1, 0.15) is 0 Å². The average molecular weight is 190 g/mol. The lowest BCUT2D eigenvalue weighted by atomic mass is 9.86. The zero-order valence-corrected chi connectivity index (χ0v) is 9.12. The van der Waals surface area contributed by atoms with Crippen molar-refractivity contribution in [2.75, 3.05) is 25.5 Å². The van der Waals surface area contributed by atoms with E-state index in [1.807, 2.05) is 0 Å². The molecule has 0 radical (unpaired) electrons. The lowest BCUT2D eigenvalue weighted by Crippen LogP contribution is -2.48. The van der Waals surface area contributed by atoms with Gasteiger partial charge in [0.25, 0.3) is 0 Å². The molecule has 1 aliphatic heterocycles. The van der Waals surface area contributed by atoms with Gasteiger partial charge in [-0.1, -0.05) is 12.1 Å². The van der Waals surface area contributed by atoms with Crippen LogP contribution in [0.15, 0.2) is 24.3 Å². The van der Waals surface area contributed by atoms with Crippen molar-refractivity contribution in [2.24, 2.45) is 0 Å². The first-order valence-electron chi connectivity index (χ1n) is 5.19. The molecule has 1 fully saturated rings. The maximum atomic E-state index is 3.38. The molecule has 2 nitrogen and oxygen atoms in total. The molecular weight excluding hydrogens is 172 g/mol. The SMILES string of the molecule is CC1NCC1c1ccc(N(C)C)cc1. The van der Waals surface area contributed by atoms with Gasteiger partial charge in [-0.25, -0.2) is 0 Å². The Labute approximate surface area is 85.9 Å². The molecule has 0 bridgehead atoms. The summed E-state index contributed by atoms with van der Waals surface area (Å²) in [4.78, 5) is 2.13. The zero-order valence-electron chi connectivity index (χ0n) is 9.12. The summed E-state index contributed by atoms with van der Waals surface area (Å²) in [6.07, 6.45) is 0. The minimum absolute atomic E-state index is 0.639. The van der Waals surface area contributed by atoms with E-state index in [9.17, 15) is 0 Å². The Morgan fingerprint density at radius 3 is 2.21 bits per heavy atom. The van der Waals surface area contributed by atoms with Crippen LogP contribution >= 0.6 is 0 Å². The number of benzene rings is 1. The lowest BCUT2D eigenvalue weighted by Gasteiger charge is -2.36. The summed E-state index contributed by atoms with van der Waals surface area (Å²) in [6.45, 7) is 3.37. The maximum Gasteiger partial charge on any atom is 0.0361 e. The topological polar surface area (TPSA) is 15.3 Å². The van der Waals surface area contributed by atoms with Crippen LogP contribution < -0.4 is 10.2 Å². The van der Waals surface area contributed by atoms with Crippen molar-refractivity contribution in [1.82, 2.24) is 5.32 Å². The number of anilines is 1. The highest BCUT2D eigenvalue weighted by Gasteiger charge is 2.27. The Bertz CT molecular complexity index is 303. The Morgan fingerprint density at radius 1 is 1.21 bits per heavy atom. The van der Waals surface area contributed by atoms with Gasteiger partial charge in [-0.3, -0.25) is 0 Å². The van der Waals surface area contributed by atoms with Gasteiger partial charge in [0.15, 0.2) is 0 Å². The minimum atomic E-state index is 0.639. The molecule has 14 heavy (non-hydrogen) atoms. The first kappa shape index (κ1) is 9.53. The van der Waals surface area contributed by atoms with Crippen molar-refractivity contribution in [1.29, 1.82) is 0 Å². The van der Waals surface area contributed by atoms with Crippen LogP contribution in [0, 0.1) is 0 Å². The molecule has 0 spiro atoms. The monoisotopic (exact) mass is 190 g/mol. The van der Waals surface area contributed by atoms with Crippen molar-refractivity contribution in [3.8, 4) is 0 Å². The van der Waals surface area contributed by atoms with Crippen LogP contribution in [0.3, 0.4) is 0 Å². The van der Waals surface area contributed by atoms with Crippen molar-refractivity contribution in [3.63, 3.8) is 0 Å². The molecule has 2 unspecified atom stereocenters. The standard InChI is InChI=1S/C12H18N2/c1-9-12(8-13-9)10-4-6-11(7-5-10)14(2)3/h4-7,9,12-13H,8H2,1-3H3. The fraction of sp³-hybridized carbons (Fsp3) is 0.500. The molecule has 2 heteroatoms. The molecule has 2 rings (SSSR count). The molecule has 0 aliphatic carbocycles. The van der Waals surface area contributed by atoms with Crippen LogP contribution in [0.1, 0.15) is 18.4 Å². The third-order valence-corrected chi connectivity index (χ3v) is 3.10.